The number of halogens is 2. The number of amides is 2. The first kappa shape index (κ1) is 22.3. The Kier molecular flexibility index (Phi) is 7.49. The number of likely N-dealkylation sites (tertiary alicyclic amines) is 1. The molecular weight excluding hydrogens is 410 g/mol. The normalized spacial score (nSPS) is 15.8. The Labute approximate surface area is 178 Å². The Bertz CT molecular complexity index is 877. The maximum Gasteiger partial charge on any atom is 0.257 e. The van der Waals surface area contributed by atoms with Crippen LogP contribution >= 0.6 is 11.3 Å². The van der Waals surface area contributed by atoms with Crippen LogP contribution in [-0.2, 0) is 11.3 Å². The molecule has 0 saturated carbocycles. The van der Waals surface area contributed by atoms with Crippen LogP contribution in [0, 0.1) is 17.6 Å². The fraction of sp³-hybridized carbons (Fsp3) is 0.476. The van der Waals surface area contributed by atoms with Gasteiger partial charge in [-0.25, -0.2) is 13.8 Å². The van der Waals surface area contributed by atoms with E-state index in [1.54, 1.807) is 13.8 Å². The Morgan fingerprint density at radius 1 is 1.17 bits per heavy atom. The predicted octanol–water partition coefficient (Wildman–Crippen LogP) is 3.80. The Hall–Kier alpha value is -2.39. The lowest BCUT2D eigenvalue weighted by atomic mass is 10.0. The first-order valence-electron chi connectivity index (χ1n) is 10.1. The van der Waals surface area contributed by atoms with Crippen LogP contribution in [0.1, 0.15) is 49.2 Å². The molecule has 0 aliphatic carbocycles. The topological polar surface area (TPSA) is 74.3 Å². The van der Waals surface area contributed by atoms with Crippen LogP contribution in [0.4, 0.5) is 13.9 Å². The van der Waals surface area contributed by atoms with Gasteiger partial charge in [-0.15, -0.1) is 11.3 Å². The highest BCUT2D eigenvalue weighted by molar-refractivity contribution is 7.13. The highest BCUT2D eigenvalue weighted by Crippen LogP contribution is 2.20. The molecule has 1 aliphatic rings. The third kappa shape index (κ3) is 5.60. The quantitative estimate of drug-likeness (QED) is 0.692. The van der Waals surface area contributed by atoms with Gasteiger partial charge in [0.05, 0.1) is 5.69 Å². The van der Waals surface area contributed by atoms with E-state index in [4.69, 9.17) is 0 Å². The highest BCUT2D eigenvalue weighted by Gasteiger charge is 2.28. The first-order valence-corrected chi connectivity index (χ1v) is 11.0. The van der Waals surface area contributed by atoms with Crippen LogP contribution in [0.2, 0.25) is 0 Å². The van der Waals surface area contributed by atoms with E-state index in [1.807, 2.05) is 5.38 Å². The molecule has 1 atom stereocenters. The summed E-state index contributed by atoms with van der Waals surface area (Å²) in [4.78, 5) is 31.9. The molecule has 1 aliphatic heterocycles. The number of thiazole rings is 1. The van der Waals surface area contributed by atoms with Gasteiger partial charge in [-0.3, -0.25) is 14.5 Å². The summed E-state index contributed by atoms with van der Waals surface area (Å²) in [6.07, 6.45) is 3.63. The zero-order valence-electron chi connectivity index (χ0n) is 17.1. The summed E-state index contributed by atoms with van der Waals surface area (Å²) in [5.41, 5.74) is 0.185. The van der Waals surface area contributed by atoms with Crippen LogP contribution < -0.4 is 10.6 Å². The van der Waals surface area contributed by atoms with Crippen molar-refractivity contribution in [1.82, 2.24) is 15.2 Å². The van der Waals surface area contributed by atoms with Crippen LogP contribution in [0.25, 0.3) is 0 Å². The molecule has 30 heavy (non-hydrogen) atoms. The fourth-order valence-corrected chi connectivity index (χ4v) is 4.13. The lowest BCUT2D eigenvalue weighted by Gasteiger charge is -2.25. The van der Waals surface area contributed by atoms with Gasteiger partial charge in [-0.1, -0.05) is 26.3 Å². The minimum absolute atomic E-state index is 0.295. The molecule has 1 unspecified atom stereocenters. The van der Waals surface area contributed by atoms with E-state index in [2.05, 4.69) is 20.5 Å². The largest absolute Gasteiger partial charge is 0.340 e. The van der Waals surface area contributed by atoms with Gasteiger partial charge in [0.1, 0.15) is 23.2 Å². The summed E-state index contributed by atoms with van der Waals surface area (Å²) in [6, 6.07) is 2.22. The standard InChI is InChI=1S/C21H26F2N4O2S/c1-13(2)18(25-19(28)17-15(22)7-6-8-16(17)23)20(29)26-21-24-14(12-30-21)11-27-9-4-3-5-10-27/h6-8,12-13,18H,3-5,9-11H2,1-2H3,(H,25,28)(H,24,26,29). The second kappa shape index (κ2) is 10.1. The fourth-order valence-electron chi connectivity index (χ4n) is 3.43. The Balaban J connectivity index is 1.64. The van der Waals surface area contributed by atoms with Crippen molar-refractivity contribution in [2.45, 2.75) is 45.7 Å². The SMILES string of the molecule is CC(C)C(NC(=O)c1c(F)cccc1F)C(=O)Nc1nc(CN2CCCCC2)cs1. The smallest absolute Gasteiger partial charge is 0.257 e. The molecule has 2 aromatic rings. The molecule has 2 amide bonds. The summed E-state index contributed by atoms with van der Waals surface area (Å²) in [6.45, 7) is 6.32. The van der Waals surface area contributed by atoms with Crippen molar-refractivity contribution in [1.29, 1.82) is 0 Å². The number of anilines is 1. The average Bonchev–Trinajstić information content (AvgIpc) is 3.13. The van der Waals surface area contributed by atoms with Gasteiger partial charge >= 0.3 is 0 Å². The zero-order valence-corrected chi connectivity index (χ0v) is 17.9. The molecular formula is C21H26F2N4O2S. The van der Waals surface area contributed by atoms with Gasteiger partial charge in [0.2, 0.25) is 5.91 Å². The molecule has 3 rings (SSSR count). The molecule has 162 valence electrons. The predicted molar refractivity (Wildman–Crippen MR) is 112 cm³/mol. The molecule has 0 radical (unpaired) electrons. The summed E-state index contributed by atoms with van der Waals surface area (Å²) in [5.74, 6) is -3.69. The van der Waals surface area contributed by atoms with E-state index in [9.17, 15) is 18.4 Å². The first-order chi connectivity index (χ1) is 14.3. The van der Waals surface area contributed by atoms with Gasteiger partial charge in [0.15, 0.2) is 5.13 Å². The number of benzene rings is 1. The third-order valence-electron chi connectivity index (χ3n) is 5.04. The number of aromatic nitrogens is 1. The molecule has 2 N–H and O–H groups in total. The summed E-state index contributed by atoms with van der Waals surface area (Å²) < 4.78 is 27.8. The van der Waals surface area contributed by atoms with Crippen molar-refractivity contribution in [2.75, 3.05) is 18.4 Å². The Morgan fingerprint density at radius 2 is 1.83 bits per heavy atom. The van der Waals surface area contributed by atoms with Crippen LogP contribution in [0.15, 0.2) is 23.6 Å². The van der Waals surface area contributed by atoms with Gasteiger partial charge in [-0.2, -0.15) is 0 Å². The van der Waals surface area contributed by atoms with Crippen molar-refractivity contribution in [3.63, 3.8) is 0 Å². The second-order valence-corrected chi connectivity index (χ2v) is 8.62. The molecule has 1 fully saturated rings. The maximum atomic E-state index is 13.9. The molecule has 0 spiro atoms. The molecule has 6 nitrogen and oxygen atoms in total. The van der Waals surface area contributed by atoms with Crippen molar-refractivity contribution >= 4 is 28.3 Å². The summed E-state index contributed by atoms with van der Waals surface area (Å²) >= 11 is 1.31. The van der Waals surface area contributed by atoms with Crippen molar-refractivity contribution < 1.29 is 18.4 Å². The Morgan fingerprint density at radius 3 is 2.47 bits per heavy atom. The van der Waals surface area contributed by atoms with Gasteiger partial charge in [0, 0.05) is 11.9 Å². The van der Waals surface area contributed by atoms with E-state index in [0.717, 1.165) is 37.5 Å². The van der Waals surface area contributed by atoms with Crippen molar-refractivity contribution in [3.05, 3.63) is 46.5 Å². The van der Waals surface area contributed by atoms with E-state index < -0.39 is 35.1 Å². The molecule has 2 heterocycles. The monoisotopic (exact) mass is 436 g/mol. The maximum absolute atomic E-state index is 13.9. The third-order valence-corrected chi connectivity index (χ3v) is 5.85. The molecule has 1 aromatic carbocycles. The van der Waals surface area contributed by atoms with E-state index >= 15 is 0 Å². The van der Waals surface area contributed by atoms with Gasteiger partial charge in [-0.05, 0) is 44.0 Å². The number of hydrogen-bond acceptors (Lipinski definition) is 5. The zero-order chi connectivity index (χ0) is 21.7. The number of carbonyl (C=O) groups is 2. The average molecular weight is 437 g/mol. The minimum atomic E-state index is -0.974. The summed E-state index contributed by atoms with van der Waals surface area (Å²) in [7, 11) is 0. The van der Waals surface area contributed by atoms with E-state index in [-0.39, 0.29) is 5.92 Å². The number of carbonyl (C=O) groups excluding carboxylic acids is 2. The van der Waals surface area contributed by atoms with Crippen LogP contribution in [0.5, 0.6) is 0 Å². The number of piperidine rings is 1. The molecule has 0 bridgehead atoms. The van der Waals surface area contributed by atoms with E-state index in [0.29, 0.717) is 5.13 Å². The highest BCUT2D eigenvalue weighted by atomic mass is 32.1. The number of rotatable bonds is 7. The number of hydrogen-bond donors (Lipinski definition) is 2. The second-order valence-electron chi connectivity index (χ2n) is 7.76. The number of nitrogens with zero attached hydrogens (tertiary/aromatic N) is 2. The lowest BCUT2D eigenvalue weighted by Crippen LogP contribution is -2.47. The van der Waals surface area contributed by atoms with Gasteiger partial charge < -0.3 is 10.6 Å². The lowest BCUT2D eigenvalue weighted by molar-refractivity contribution is -0.118. The van der Waals surface area contributed by atoms with Crippen LogP contribution in [-0.4, -0.2) is 40.8 Å². The van der Waals surface area contributed by atoms with Crippen LogP contribution in [0.3, 0.4) is 0 Å². The van der Waals surface area contributed by atoms with Crippen molar-refractivity contribution in [3.8, 4) is 0 Å². The minimum Gasteiger partial charge on any atom is -0.340 e. The summed E-state index contributed by atoms with van der Waals surface area (Å²) in [5, 5.41) is 7.50. The molecule has 1 saturated heterocycles. The van der Waals surface area contributed by atoms with Crippen molar-refractivity contribution in [2.24, 2.45) is 5.92 Å². The molecule has 9 heteroatoms. The molecule has 1 aromatic heterocycles. The number of nitrogens with one attached hydrogen (secondary N) is 2. The van der Waals surface area contributed by atoms with E-state index in [1.165, 1.54) is 36.7 Å². The van der Waals surface area contributed by atoms with Gasteiger partial charge in [0.25, 0.3) is 5.91 Å².